The summed E-state index contributed by atoms with van der Waals surface area (Å²) in [5.41, 5.74) is 1.15. The number of benzene rings is 2. The Morgan fingerprint density at radius 1 is 1.03 bits per heavy atom. The minimum atomic E-state index is 0.487. The summed E-state index contributed by atoms with van der Waals surface area (Å²) in [5.74, 6) is 3.05. The van der Waals surface area contributed by atoms with Gasteiger partial charge >= 0.3 is 0 Å². The van der Waals surface area contributed by atoms with E-state index < -0.39 is 0 Å². The van der Waals surface area contributed by atoms with Gasteiger partial charge in [-0.2, -0.15) is 11.8 Å². The van der Waals surface area contributed by atoms with E-state index in [-0.39, 0.29) is 0 Å². The van der Waals surface area contributed by atoms with E-state index in [9.17, 15) is 0 Å². The molecule has 3 aromatic rings. The van der Waals surface area contributed by atoms with E-state index in [0.717, 1.165) is 23.6 Å². The average Bonchev–Trinajstić information content (AvgIpc) is 3.21. The Morgan fingerprint density at radius 2 is 1.83 bits per heavy atom. The number of likely N-dealkylation sites (tertiary alicyclic amines) is 1. The summed E-state index contributed by atoms with van der Waals surface area (Å²) in [4.78, 5) is 3.99. The molecule has 30 heavy (non-hydrogen) atoms. The third kappa shape index (κ3) is 4.27. The van der Waals surface area contributed by atoms with Crippen LogP contribution in [0.2, 0.25) is 0 Å². The van der Waals surface area contributed by atoms with Gasteiger partial charge in [-0.05, 0) is 50.0 Å². The van der Waals surface area contributed by atoms with Crippen LogP contribution < -0.4 is 14.2 Å². The Morgan fingerprint density at radius 3 is 2.57 bits per heavy atom. The van der Waals surface area contributed by atoms with Crippen molar-refractivity contribution < 1.29 is 14.2 Å². The second-order valence-corrected chi connectivity index (χ2v) is 10.0. The number of piperidine rings is 1. The van der Waals surface area contributed by atoms with Crippen LogP contribution in [0.3, 0.4) is 0 Å². The number of thiophene rings is 1. The first-order valence-electron chi connectivity index (χ1n) is 10.2. The predicted octanol–water partition coefficient (Wildman–Crippen LogP) is 6.00. The van der Waals surface area contributed by atoms with E-state index in [1.54, 1.807) is 21.3 Å². The summed E-state index contributed by atoms with van der Waals surface area (Å²) in [5, 5.41) is 1.98. The quantitative estimate of drug-likeness (QED) is 0.447. The molecule has 0 bridgehead atoms. The van der Waals surface area contributed by atoms with Crippen molar-refractivity contribution >= 4 is 33.2 Å². The maximum Gasteiger partial charge on any atom is 0.203 e. The van der Waals surface area contributed by atoms with Gasteiger partial charge in [0.2, 0.25) is 5.75 Å². The molecule has 1 aliphatic rings. The molecule has 160 valence electrons. The van der Waals surface area contributed by atoms with Crippen molar-refractivity contribution in [3.63, 3.8) is 0 Å². The van der Waals surface area contributed by atoms with Gasteiger partial charge in [-0.1, -0.05) is 24.3 Å². The molecule has 0 spiro atoms. The van der Waals surface area contributed by atoms with Gasteiger partial charge in [-0.15, -0.1) is 11.3 Å². The molecule has 1 aromatic heterocycles. The van der Waals surface area contributed by atoms with Crippen molar-refractivity contribution in [2.45, 2.75) is 29.9 Å². The maximum absolute atomic E-state index is 5.67. The first-order valence-corrected chi connectivity index (χ1v) is 12.1. The molecular weight excluding hydrogens is 414 g/mol. The lowest BCUT2D eigenvalue weighted by atomic mass is 10.0. The largest absolute Gasteiger partial charge is 0.493 e. The van der Waals surface area contributed by atoms with Crippen LogP contribution in [0.4, 0.5) is 0 Å². The normalized spacial score (nSPS) is 19.7. The smallest absolute Gasteiger partial charge is 0.203 e. The van der Waals surface area contributed by atoms with Crippen LogP contribution in [0.1, 0.15) is 29.3 Å². The van der Waals surface area contributed by atoms with Crippen LogP contribution in [0.5, 0.6) is 17.2 Å². The van der Waals surface area contributed by atoms with Crippen molar-refractivity contribution in [2.75, 3.05) is 34.9 Å². The third-order valence-electron chi connectivity index (χ3n) is 5.86. The number of hydrogen-bond donors (Lipinski definition) is 0. The highest BCUT2D eigenvalue weighted by molar-refractivity contribution is 7.99. The minimum Gasteiger partial charge on any atom is -0.493 e. The van der Waals surface area contributed by atoms with Gasteiger partial charge in [-0.25, -0.2) is 0 Å². The van der Waals surface area contributed by atoms with Crippen molar-refractivity contribution in [1.82, 2.24) is 4.90 Å². The van der Waals surface area contributed by atoms with E-state index in [1.807, 2.05) is 29.2 Å². The number of rotatable bonds is 7. The highest BCUT2D eigenvalue weighted by Crippen LogP contribution is 2.44. The Balaban J connectivity index is 1.48. The highest BCUT2D eigenvalue weighted by atomic mass is 32.2. The lowest BCUT2D eigenvalue weighted by Crippen LogP contribution is -2.34. The van der Waals surface area contributed by atoms with Gasteiger partial charge in [0.25, 0.3) is 0 Å². The van der Waals surface area contributed by atoms with Crippen molar-refractivity contribution in [2.24, 2.45) is 0 Å². The van der Waals surface area contributed by atoms with Crippen LogP contribution in [0.15, 0.2) is 42.5 Å². The number of hydrogen-bond acceptors (Lipinski definition) is 6. The first-order chi connectivity index (χ1) is 14.6. The lowest BCUT2D eigenvalue weighted by Gasteiger charge is -2.36. The summed E-state index contributed by atoms with van der Waals surface area (Å²) in [6.45, 7) is 1.12. The summed E-state index contributed by atoms with van der Waals surface area (Å²) in [6, 6.07) is 15.6. The Labute approximate surface area is 187 Å². The predicted molar refractivity (Wildman–Crippen MR) is 128 cm³/mol. The van der Waals surface area contributed by atoms with Crippen LogP contribution >= 0.6 is 23.1 Å². The Hall–Kier alpha value is -1.89. The van der Waals surface area contributed by atoms with E-state index in [4.69, 9.17) is 14.2 Å². The zero-order valence-electron chi connectivity index (χ0n) is 18.0. The summed E-state index contributed by atoms with van der Waals surface area (Å²) >= 11 is 3.96. The standard InChI is InChI=1S/C24H29NO3S2/c1-25-12-11-18(14-19(25)22-13-16-7-5-6-8-21(16)30-22)29-15-17-9-10-20(26-2)24(28-4)23(17)27-3/h5-10,13,18-19H,11-12,14-15H2,1-4H3. The Bertz CT molecular complexity index is 970. The highest BCUT2D eigenvalue weighted by Gasteiger charge is 2.29. The number of thioether (sulfide) groups is 1. The van der Waals surface area contributed by atoms with E-state index >= 15 is 0 Å². The summed E-state index contributed by atoms with van der Waals surface area (Å²) in [7, 11) is 7.26. The third-order valence-corrected chi connectivity index (χ3v) is 8.45. The SMILES string of the molecule is COc1ccc(CSC2CCN(C)C(c3cc4ccccc4s3)C2)c(OC)c1OC. The second kappa shape index (κ2) is 9.50. The molecule has 1 aliphatic heterocycles. The van der Waals surface area contributed by atoms with Crippen molar-refractivity contribution in [3.8, 4) is 17.2 Å². The molecule has 4 nitrogen and oxygen atoms in total. The van der Waals surface area contributed by atoms with Crippen LogP contribution in [0.25, 0.3) is 10.1 Å². The zero-order valence-corrected chi connectivity index (χ0v) is 19.6. The average molecular weight is 444 g/mol. The molecule has 2 aromatic carbocycles. The van der Waals surface area contributed by atoms with Gasteiger partial charge < -0.3 is 14.2 Å². The topological polar surface area (TPSA) is 30.9 Å². The van der Waals surface area contributed by atoms with Gasteiger partial charge in [0, 0.05) is 32.2 Å². The van der Waals surface area contributed by atoms with Gasteiger partial charge in [0.15, 0.2) is 11.5 Å². The molecule has 4 rings (SSSR count). The Kier molecular flexibility index (Phi) is 6.76. The molecule has 2 unspecified atom stereocenters. The maximum atomic E-state index is 5.67. The molecule has 0 amide bonds. The van der Waals surface area contributed by atoms with Gasteiger partial charge in [-0.3, -0.25) is 4.90 Å². The first kappa shape index (κ1) is 21.3. The number of methoxy groups -OCH3 is 3. The van der Waals surface area contributed by atoms with E-state index in [1.165, 1.54) is 27.8 Å². The van der Waals surface area contributed by atoms with Crippen molar-refractivity contribution in [1.29, 1.82) is 0 Å². The van der Waals surface area contributed by atoms with E-state index in [2.05, 4.69) is 48.3 Å². The molecular formula is C24H29NO3S2. The molecule has 6 heteroatoms. The molecule has 2 atom stereocenters. The van der Waals surface area contributed by atoms with Crippen LogP contribution in [0, 0.1) is 0 Å². The lowest BCUT2D eigenvalue weighted by molar-refractivity contribution is 0.195. The van der Waals surface area contributed by atoms with Crippen LogP contribution in [-0.2, 0) is 5.75 Å². The van der Waals surface area contributed by atoms with Crippen molar-refractivity contribution in [3.05, 3.63) is 52.9 Å². The molecule has 0 N–H and O–H groups in total. The van der Waals surface area contributed by atoms with Gasteiger partial charge in [0.1, 0.15) is 0 Å². The van der Waals surface area contributed by atoms with Gasteiger partial charge in [0.05, 0.1) is 21.3 Å². The number of ether oxygens (including phenoxy) is 3. The fraction of sp³-hybridized carbons (Fsp3) is 0.417. The number of nitrogens with zero attached hydrogens (tertiary/aromatic N) is 1. The fourth-order valence-corrected chi connectivity index (χ4v) is 6.66. The summed E-state index contributed by atoms with van der Waals surface area (Å²) in [6.07, 6.45) is 2.38. The summed E-state index contributed by atoms with van der Waals surface area (Å²) < 4.78 is 18.0. The molecule has 1 saturated heterocycles. The molecule has 0 saturated carbocycles. The molecule has 0 radical (unpaired) electrons. The zero-order chi connectivity index (χ0) is 21.1. The second-order valence-electron chi connectivity index (χ2n) is 7.63. The van der Waals surface area contributed by atoms with E-state index in [0.29, 0.717) is 22.8 Å². The molecule has 0 aliphatic carbocycles. The fourth-order valence-electron chi connectivity index (χ4n) is 4.19. The molecule has 1 fully saturated rings. The minimum absolute atomic E-state index is 0.487. The monoisotopic (exact) mass is 443 g/mol. The molecule has 2 heterocycles. The number of fused-ring (bicyclic) bond motifs is 1. The van der Waals surface area contributed by atoms with Crippen LogP contribution in [-0.4, -0.2) is 45.1 Å².